The van der Waals surface area contributed by atoms with Gasteiger partial charge in [0.25, 0.3) is 0 Å². The predicted octanol–water partition coefficient (Wildman–Crippen LogP) is 0.145. The Hall–Kier alpha value is -2.00. The first-order chi connectivity index (χ1) is 11.9. The molecule has 0 aliphatic carbocycles. The summed E-state index contributed by atoms with van der Waals surface area (Å²) in [6.07, 6.45) is -5.81. The van der Waals surface area contributed by atoms with Gasteiger partial charge >= 0.3 is 11.9 Å². The molecule has 0 radical (unpaired) electrons. The van der Waals surface area contributed by atoms with E-state index in [1.54, 1.807) is 0 Å². The molecule has 1 heterocycles. The van der Waals surface area contributed by atoms with Crippen LogP contribution in [0, 0.1) is 0 Å². The van der Waals surface area contributed by atoms with Crippen molar-refractivity contribution < 1.29 is 38.7 Å². The first-order valence-corrected chi connectivity index (χ1v) is 7.86. The molecule has 1 aromatic rings. The van der Waals surface area contributed by atoms with Crippen molar-refractivity contribution in [3.8, 4) is 0 Å². The minimum Gasteiger partial charge on any atom is -0.453 e. The highest BCUT2D eigenvalue weighted by Crippen LogP contribution is 2.27. The average Bonchev–Trinajstić information content (AvgIpc) is 2.57. The Morgan fingerprint density at radius 1 is 1.08 bits per heavy atom. The van der Waals surface area contributed by atoms with Gasteiger partial charge in [-0.25, -0.2) is 0 Å². The molecule has 1 aromatic carbocycles. The highest BCUT2D eigenvalue weighted by atomic mass is 16.7. The molecule has 138 valence electrons. The Labute approximate surface area is 145 Å². The van der Waals surface area contributed by atoms with E-state index in [-0.39, 0.29) is 6.61 Å². The summed E-state index contributed by atoms with van der Waals surface area (Å²) in [7, 11) is 0. The van der Waals surface area contributed by atoms with Gasteiger partial charge in [-0.15, -0.1) is 0 Å². The van der Waals surface area contributed by atoms with E-state index in [0.29, 0.717) is 0 Å². The fourth-order valence-electron chi connectivity index (χ4n) is 2.57. The Bertz CT molecular complexity index is 575. The lowest BCUT2D eigenvalue weighted by atomic mass is 9.98. The van der Waals surface area contributed by atoms with E-state index in [9.17, 15) is 19.8 Å². The van der Waals surface area contributed by atoms with Crippen LogP contribution >= 0.6 is 0 Å². The minimum absolute atomic E-state index is 0.130. The molecular weight excluding hydrogens is 332 g/mol. The monoisotopic (exact) mass is 354 g/mol. The zero-order valence-electron chi connectivity index (χ0n) is 14.0. The fourth-order valence-corrected chi connectivity index (χ4v) is 2.57. The zero-order chi connectivity index (χ0) is 18.4. The number of aliphatic hydroxyl groups excluding tert-OH is 2. The maximum absolute atomic E-state index is 11.4. The third kappa shape index (κ3) is 5.23. The molecule has 1 unspecified atom stereocenters. The summed E-state index contributed by atoms with van der Waals surface area (Å²) in [6.45, 7) is 1.97. The highest BCUT2D eigenvalue weighted by molar-refractivity contribution is 5.67. The van der Waals surface area contributed by atoms with E-state index in [2.05, 4.69) is 0 Å². The standard InChI is InChI=1S/C17H22O8/c1-10(19)23-16-15(22-9-12-6-4-3-5-7-12)14(21)13(8-18)25-17(16)24-11(2)20/h3-7,13-18,21H,8-9H2,1-2H3/t13-,14-,15+,16-,17?/m1/s1. The van der Waals surface area contributed by atoms with E-state index in [1.807, 2.05) is 30.3 Å². The first kappa shape index (κ1) is 19.3. The molecular formula is C17H22O8. The van der Waals surface area contributed by atoms with Crippen LogP contribution in [0.2, 0.25) is 0 Å². The van der Waals surface area contributed by atoms with E-state index < -0.39 is 49.3 Å². The van der Waals surface area contributed by atoms with Crippen LogP contribution in [0.5, 0.6) is 0 Å². The quantitative estimate of drug-likeness (QED) is 0.694. The third-order valence-corrected chi connectivity index (χ3v) is 3.67. The largest absolute Gasteiger partial charge is 0.453 e. The zero-order valence-corrected chi connectivity index (χ0v) is 14.0. The fraction of sp³-hybridized carbons (Fsp3) is 0.529. The molecule has 0 aromatic heterocycles. The third-order valence-electron chi connectivity index (χ3n) is 3.67. The number of esters is 2. The molecule has 1 aliphatic heterocycles. The predicted molar refractivity (Wildman–Crippen MR) is 84.1 cm³/mol. The van der Waals surface area contributed by atoms with Gasteiger partial charge in [0.1, 0.15) is 18.3 Å². The molecule has 1 fully saturated rings. The molecule has 1 saturated heterocycles. The molecule has 0 bridgehead atoms. The molecule has 0 saturated carbocycles. The van der Waals surface area contributed by atoms with Crippen molar-refractivity contribution in [2.24, 2.45) is 0 Å². The molecule has 8 heteroatoms. The van der Waals surface area contributed by atoms with Gasteiger partial charge in [-0.3, -0.25) is 9.59 Å². The number of benzene rings is 1. The Kier molecular flexibility index (Phi) is 6.89. The van der Waals surface area contributed by atoms with Gasteiger partial charge < -0.3 is 29.2 Å². The molecule has 2 N–H and O–H groups in total. The van der Waals surface area contributed by atoms with Gasteiger partial charge in [0.2, 0.25) is 6.29 Å². The number of ether oxygens (including phenoxy) is 4. The van der Waals surface area contributed by atoms with Gasteiger partial charge in [0.05, 0.1) is 13.2 Å². The van der Waals surface area contributed by atoms with Crippen LogP contribution in [0.4, 0.5) is 0 Å². The lowest BCUT2D eigenvalue weighted by Gasteiger charge is -2.42. The number of carbonyl (C=O) groups is 2. The number of hydrogen-bond donors (Lipinski definition) is 2. The van der Waals surface area contributed by atoms with Crippen molar-refractivity contribution >= 4 is 11.9 Å². The summed E-state index contributed by atoms with van der Waals surface area (Å²) in [5.41, 5.74) is 0.840. The van der Waals surface area contributed by atoms with Crippen LogP contribution in [0.25, 0.3) is 0 Å². The summed E-state index contributed by atoms with van der Waals surface area (Å²) in [5, 5.41) is 19.8. The second-order valence-electron chi connectivity index (χ2n) is 5.66. The van der Waals surface area contributed by atoms with Crippen LogP contribution in [-0.2, 0) is 35.1 Å². The summed E-state index contributed by atoms with van der Waals surface area (Å²) in [5.74, 6) is -1.30. The van der Waals surface area contributed by atoms with Crippen molar-refractivity contribution in [1.82, 2.24) is 0 Å². The van der Waals surface area contributed by atoms with E-state index in [1.165, 1.54) is 13.8 Å². The summed E-state index contributed by atoms with van der Waals surface area (Å²) < 4.78 is 21.3. The normalized spacial score (nSPS) is 29.0. The van der Waals surface area contributed by atoms with Crippen LogP contribution in [0.3, 0.4) is 0 Å². The van der Waals surface area contributed by atoms with Crippen molar-refractivity contribution in [2.75, 3.05) is 6.61 Å². The SMILES string of the molecule is CC(=O)OC1O[C@H](CO)[C@@H](O)[C@H](OCc2ccccc2)[C@H]1OC(C)=O. The topological polar surface area (TPSA) is 112 Å². The van der Waals surface area contributed by atoms with Crippen LogP contribution in [-0.4, -0.2) is 59.5 Å². The molecule has 5 atom stereocenters. The van der Waals surface area contributed by atoms with Crippen molar-refractivity contribution in [3.05, 3.63) is 35.9 Å². The van der Waals surface area contributed by atoms with Gasteiger partial charge in [-0.1, -0.05) is 30.3 Å². The van der Waals surface area contributed by atoms with Crippen molar-refractivity contribution in [3.63, 3.8) is 0 Å². The van der Waals surface area contributed by atoms with Crippen LogP contribution in [0.1, 0.15) is 19.4 Å². The maximum Gasteiger partial charge on any atom is 0.305 e. The summed E-state index contributed by atoms with van der Waals surface area (Å²) in [4.78, 5) is 22.7. The van der Waals surface area contributed by atoms with Crippen LogP contribution < -0.4 is 0 Å². The molecule has 8 nitrogen and oxygen atoms in total. The molecule has 0 amide bonds. The van der Waals surface area contributed by atoms with Gasteiger partial charge in [0, 0.05) is 13.8 Å². The number of carbonyl (C=O) groups excluding carboxylic acids is 2. The number of rotatable bonds is 6. The minimum atomic E-state index is -1.29. The average molecular weight is 354 g/mol. The van der Waals surface area contributed by atoms with Gasteiger partial charge in [-0.05, 0) is 5.56 Å². The summed E-state index contributed by atoms with van der Waals surface area (Å²) >= 11 is 0. The Balaban J connectivity index is 2.20. The molecule has 0 spiro atoms. The smallest absolute Gasteiger partial charge is 0.305 e. The van der Waals surface area contributed by atoms with Crippen molar-refractivity contribution in [1.29, 1.82) is 0 Å². The molecule has 25 heavy (non-hydrogen) atoms. The van der Waals surface area contributed by atoms with Crippen molar-refractivity contribution in [2.45, 2.75) is 51.2 Å². The lowest BCUT2D eigenvalue weighted by Crippen LogP contribution is -2.61. The number of aliphatic hydroxyl groups is 2. The van der Waals surface area contributed by atoms with Gasteiger partial charge in [-0.2, -0.15) is 0 Å². The van der Waals surface area contributed by atoms with Crippen LogP contribution in [0.15, 0.2) is 30.3 Å². The first-order valence-electron chi connectivity index (χ1n) is 7.86. The Morgan fingerprint density at radius 3 is 2.28 bits per heavy atom. The van der Waals surface area contributed by atoms with E-state index >= 15 is 0 Å². The van der Waals surface area contributed by atoms with E-state index in [0.717, 1.165) is 5.56 Å². The molecule has 2 rings (SSSR count). The van der Waals surface area contributed by atoms with E-state index in [4.69, 9.17) is 18.9 Å². The molecule has 1 aliphatic rings. The Morgan fingerprint density at radius 2 is 1.72 bits per heavy atom. The van der Waals surface area contributed by atoms with Gasteiger partial charge in [0.15, 0.2) is 6.10 Å². The second-order valence-corrected chi connectivity index (χ2v) is 5.66. The highest BCUT2D eigenvalue weighted by Gasteiger charge is 2.49. The lowest BCUT2D eigenvalue weighted by molar-refractivity contribution is -0.303. The second kappa shape index (κ2) is 8.91. The summed E-state index contributed by atoms with van der Waals surface area (Å²) in [6, 6.07) is 9.19. The maximum atomic E-state index is 11.4. The number of hydrogen-bond acceptors (Lipinski definition) is 8.